The van der Waals surface area contributed by atoms with Crippen LogP contribution in [0.3, 0.4) is 0 Å². The Balaban J connectivity index is 2.70. The van der Waals surface area contributed by atoms with Gasteiger partial charge >= 0.3 is 0 Å². The molecule has 0 aliphatic heterocycles. The number of nitrogens with zero attached hydrogens (tertiary/aromatic N) is 1. The average Bonchev–Trinajstić information content (AvgIpc) is 2.48. The van der Waals surface area contributed by atoms with Gasteiger partial charge in [-0.1, -0.05) is 26.7 Å². The second kappa shape index (κ2) is 8.30. The molecule has 0 aromatic heterocycles. The molecule has 0 saturated heterocycles. The highest BCUT2D eigenvalue weighted by Crippen LogP contribution is 2.29. The molecule has 0 bridgehead atoms. The van der Waals surface area contributed by atoms with Crippen LogP contribution in [0.1, 0.15) is 26.7 Å². The van der Waals surface area contributed by atoms with Gasteiger partial charge in [0.1, 0.15) is 0 Å². The van der Waals surface area contributed by atoms with Crippen LogP contribution in [0.4, 0.5) is 5.69 Å². The second-order valence-corrected chi connectivity index (χ2v) is 4.60. The summed E-state index contributed by atoms with van der Waals surface area (Å²) < 4.78 is 10.4. The minimum atomic E-state index is 0.420. The van der Waals surface area contributed by atoms with Crippen LogP contribution in [0.5, 0.6) is 11.5 Å². The monoisotopic (exact) mass is 279 g/mol. The van der Waals surface area contributed by atoms with Gasteiger partial charge in [0.25, 0.3) is 0 Å². The highest BCUT2D eigenvalue weighted by atomic mass is 16.5. The lowest BCUT2D eigenvalue weighted by atomic mass is 10.0. The molecule has 5 nitrogen and oxygen atoms in total. The maximum Gasteiger partial charge on any atom is 0.193 e. The molecule has 0 saturated carbocycles. The number of methoxy groups -OCH3 is 2. The van der Waals surface area contributed by atoms with E-state index in [-0.39, 0.29) is 0 Å². The summed E-state index contributed by atoms with van der Waals surface area (Å²) >= 11 is 0. The first kappa shape index (κ1) is 16.1. The van der Waals surface area contributed by atoms with Crippen molar-refractivity contribution in [2.45, 2.75) is 26.7 Å². The van der Waals surface area contributed by atoms with E-state index in [1.165, 1.54) is 0 Å². The molecule has 1 aromatic carbocycles. The summed E-state index contributed by atoms with van der Waals surface area (Å²) in [6, 6.07) is 5.54. The van der Waals surface area contributed by atoms with Crippen LogP contribution in [-0.4, -0.2) is 26.7 Å². The molecule has 1 aromatic rings. The van der Waals surface area contributed by atoms with Gasteiger partial charge in [0.05, 0.1) is 14.2 Å². The maximum atomic E-state index is 5.89. The van der Waals surface area contributed by atoms with Crippen LogP contribution in [0.2, 0.25) is 0 Å². The van der Waals surface area contributed by atoms with Gasteiger partial charge in [-0.2, -0.15) is 0 Å². The summed E-state index contributed by atoms with van der Waals surface area (Å²) in [6.07, 6.45) is 2.23. The normalized spacial score (nSPS) is 11.6. The van der Waals surface area contributed by atoms with E-state index in [9.17, 15) is 0 Å². The molecule has 0 heterocycles. The van der Waals surface area contributed by atoms with Crippen molar-refractivity contribution in [1.82, 2.24) is 0 Å². The molecule has 3 N–H and O–H groups in total. The molecular formula is C15H25N3O2. The average molecular weight is 279 g/mol. The zero-order chi connectivity index (χ0) is 15.0. The summed E-state index contributed by atoms with van der Waals surface area (Å²) in [5.74, 6) is 2.35. The molecule has 112 valence electrons. The second-order valence-electron chi connectivity index (χ2n) is 4.60. The number of hydrogen-bond acceptors (Lipinski definition) is 3. The summed E-state index contributed by atoms with van der Waals surface area (Å²) in [5, 5.41) is 3.06. The van der Waals surface area contributed by atoms with Gasteiger partial charge in [0.15, 0.2) is 17.5 Å². The summed E-state index contributed by atoms with van der Waals surface area (Å²) in [6.45, 7) is 5.09. The Kier molecular flexibility index (Phi) is 6.70. The molecule has 20 heavy (non-hydrogen) atoms. The van der Waals surface area contributed by atoms with Crippen LogP contribution in [0.15, 0.2) is 23.2 Å². The fourth-order valence-corrected chi connectivity index (χ4v) is 1.88. The fourth-order valence-electron chi connectivity index (χ4n) is 1.88. The van der Waals surface area contributed by atoms with Crippen molar-refractivity contribution < 1.29 is 9.47 Å². The van der Waals surface area contributed by atoms with Gasteiger partial charge < -0.3 is 20.5 Å². The van der Waals surface area contributed by atoms with E-state index in [1.807, 2.05) is 18.2 Å². The zero-order valence-electron chi connectivity index (χ0n) is 12.8. The van der Waals surface area contributed by atoms with Gasteiger partial charge in [0, 0.05) is 18.3 Å². The number of guanidine groups is 1. The van der Waals surface area contributed by atoms with Crippen molar-refractivity contribution in [3.63, 3.8) is 0 Å². The number of anilines is 1. The molecule has 0 fully saturated rings. The third-order valence-electron chi connectivity index (χ3n) is 3.33. The first-order chi connectivity index (χ1) is 9.64. The predicted octanol–water partition coefficient (Wildman–Crippen LogP) is 2.87. The highest BCUT2D eigenvalue weighted by molar-refractivity contribution is 5.92. The molecule has 0 atom stereocenters. The van der Waals surface area contributed by atoms with Crippen LogP contribution in [0.25, 0.3) is 0 Å². The van der Waals surface area contributed by atoms with Crippen molar-refractivity contribution in [1.29, 1.82) is 0 Å². The molecule has 0 radical (unpaired) electrons. The number of rotatable bonds is 7. The molecule has 0 aliphatic rings. The number of nitrogens with one attached hydrogen (secondary N) is 1. The van der Waals surface area contributed by atoms with E-state index in [0.717, 1.165) is 25.1 Å². The third kappa shape index (κ3) is 4.64. The number of hydrogen-bond donors (Lipinski definition) is 2. The van der Waals surface area contributed by atoms with Crippen molar-refractivity contribution in [2.24, 2.45) is 16.6 Å². The first-order valence-corrected chi connectivity index (χ1v) is 6.93. The Morgan fingerprint density at radius 3 is 2.40 bits per heavy atom. The Hall–Kier alpha value is -1.91. The van der Waals surface area contributed by atoms with Crippen LogP contribution in [0, 0.1) is 5.92 Å². The van der Waals surface area contributed by atoms with E-state index in [2.05, 4.69) is 24.2 Å². The van der Waals surface area contributed by atoms with E-state index in [0.29, 0.717) is 23.4 Å². The Bertz CT molecular complexity index is 443. The molecule has 0 spiro atoms. The van der Waals surface area contributed by atoms with E-state index < -0.39 is 0 Å². The molecule has 5 heteroatoms. The SMILES string of the molecule is CCC(CC)CN=C(N)Nc1ccc(OC)c(OC)c1. The lowest BCUT2D eigenvalue weighted by Crippen LogP contribution is -2.23. The standard InChI is InChI=1S/C15H25N3O2/c1-5-11(6-2)10-17-15(16)18-12-7-8-13(19-3)14(9-12)20-4/h7-9,11H,5-6,10H2,1-4H3,(H3,16,17,18). The largest absolute Gasteiger partial charge is 0.493 e. The summed E-state index contributed by atoms with van der Waals surface area (Å²) in [5.41, 5.74) is 6.72. The quantitative estimate of drug-likeness (QED) is 0.595. The lowest BCUT2D eigenvalue weighted by molar-refractivity contribution is 0.355. The minimum Gasteiger partial charge on any atom is -0.493 e. The smallest absolute Gasteiger partial charge is 0.193 e. The third-order valence-corrected chi connectivity index (χ3v) is 3.33. The van der Waals surface area contributed by atoms with Crippen LogP contribution in [-0.2, 0) is 0 Å². The Labute approximate surface area is 121 Å². The van der Waals surface area contributed by atoms with E-state index >= 15 is 0 Å². The van der Waals surface area contributed by atoms with Crippen molar-refractivity contribution in [3.8, 4) is 11.5 Å². The Morgan fingerprint density at radius 2 is 1.85 bits per heavy atom. The molecule has 0 aliphatic carbocycles. The number of ether oxygens (including phenoxy) is 2. The zero-order valence-corrected chi connectivity index (χ0v) is 12.8. The van der Waals surface area contributed by atoms with E-state index in [1.54, 1.807) is 14.2 Å². The topological polar surface area (TPSA) is 68.9 Å². The molecule has 0 amide bonds. The predicted molar refractivity (Wildman–Crippen MR) is 83.7 cm³/mol. The van der Waals surface area contributed by atoms with Gasteiger partial charge in [-0.25, -0.2) is 0 Å². The molecule has 0 unspecified atom stereocenters. The highest BCUT2D eigenvalue weighted by Gasteiger charge is 2.06. The summed E-state index contributed by atoms with van der Waals surface area (Å²) in [7, 11) is 3.21. The molecular weight excluding hydrogens is 254 g/mol. The van der Waals surface area contributed by atoms with Gasteiger partial charge in [-0.05, 0) is 18.1 Å². The lowest BCUT2D eigenvalue weighted by Gasteiger charge is -2.12. The Morgan fingerprint density at radius 1 is 1.20 bits per heavy atom. The number of nitrogens with two attached hydrogens (primary N) is 1. The van der Waals surface area contributed by atoms with Crippen molar-refractivity contribution in [3.05, 3.63) is 18.2 Å². The van der Waals surface area contributed by atoms with Crippen LogP contribution < -0.4 is 20.5 Å². The van der Waals surface area contributed by atoms with E-state index in [4.69, 9.17) is 15.2 Å². The van der Waals surface area contributed by atoms with Gasteiger partial charge in [-0.15, -0.1) is 0 Å². The van der Waals surface area contributed by atoms with Gasteiger partial charge in [-0.3, -0.25) is 4.99 Å². The maximum absolute atomic E-state index is 5.89. The molecule has 1 rings (SSSR count). The number of benzene rings is 1. The minimum absolute atomic E-state index is 0.420. The van der Waals surface area contributed by atoms with Crippen LogP contribution >= 0.6 is 0 Å². The van der Waals surface area contributed by atoms with Gasteiger partial charge in [0.2, 0.25) is 0 Å². The fraction of sp³-hybridized carbons (Fsp3) is 0.533. The van der Waals surface area contributed by atoms with Crippen molar-refractivity contribution in [2.75, 3.05) is 26.1 Å². The summed E-state index contributed by atoms with van der Waals surface area (Å²) in [4.78, 5) is 4.37. The first-order valence-electron chi connectivity index (χ1n) is 6.93. The van der Waals surface area contributed by atoms with Crippen molar-refractivity contribution >= 4 is 11.6 Å². The number of aliphatic imine (C=N–C) groups is 1.